The van der Waals surface area contributed by atoms with E-state index >= 15 is 0 Å². The van der Waals surface area contributed by atoms with Gasteiger partial charge in [-0.25, -0.2) is 0 Å². The molecule has 5 nitrogen and oxygen atoms in total. The Morgan fingerprint density at radius 1 is 1.30 bits per heavy atom. The van der Waals surface area contributed by atoms with Crippen LogP contribution in [0.25, 0.3) is 0 Å². The Bertz CT molecular complexity index is 561. The molecule has 0 radical (unpaired) electrons. The molecule has 2 atom stereocenters. The number of hydrogen-bond acceptors (Lipinski definition) is 3. The second-order valence-corrected chi connectivity index (χ2v) is 7.62. The van der Waals surface area contributed by atoms with Crippen molar-refractivity contribution in [1.29, 1.82) is 0 Å². The van der Waals surface area contributed by atoms with E-state index in [1.54, 1.807) is 11.4 Å². The SMILES string of the molecule is CN(Cc1ccccc1)S(=O)(=O)N1CC[C@H]2CNC[C@H]21. The number of rotatable bonds is 4. The van der Waals surface area contributed by atoms with Gasteiger partial charge in [-0.3, -0.25) is 0 Å². The van der Waals surface area contributed by atoms with E-state index < -0.39 is 10.2 Å². The number of hydrogen-bond donors (Lipinski definition) is 1. The molecule has 1 N–H and O–H groups in total. The van der Waals surface area contributed by atoms with Crippen LogP contribution in [0.4, 0.5) is 0 Å². The molecule has 110 valence electrons. The Labute approximate surface area is 120 Å². The van der Waals surface area contributed by atoms with Gasteiger partial charge in [0, 0.05) is 32.7 Å². The lowest BCUT2D eigenvalue weighted by Crippen LogP contribution is -2.46. The zero-order valence-electron chi connectivity index (χ0n) is 11.7. The number of benzene rings is 1. The van der Waals surface area contributed by atoms with Crippen molar-refractivity contribution >= 4 is 10.2 Å². The van der Waals surface area contributed by atoms with E-state index in [2.05, 4.69) is 5.32 Å². The van der Waals surface area contributed by atoms with Crippen LogP contribution in [0.5, 0.6) is 0 Å². The average Bonchev–Trinajstić information content (AvgIpc) is 3.01. The van der Waals surface area contributed by atoms with Crippen LogP contribution in [-0.2, 0) is 16.8 Å². The van der Waals surface area contributed by atoms with E-state index in [0.29, 0.717) is 19.0 Å². The first-order valence-corrected chi connectivity index (χ1v) is 8.46. The number of fused-ring (bicyclic) bond motifs is 1. The minimum absolute atomic E-state index is 0.137. The van der Waals surface area contributed by atoms with Crippen LogP contribution in [0.15, 0.2) is 30.3 Å². The molecule has 3 rings (SSSR count). The molecule has 0 spiro atoms. The summed E-state index contributed by atoms with van der Waals surface area (Å²) in [7, 11) is -1.70. The van der Waals surface area contributed by atoms with Gasteiger partial charge >= 0.3 is 0 Å². The van der Waals surface area contributed by atoms with Crippen LogP contribution in [0.2, 0.25) is 0 Å². The van der Waals surface area contributed by atoms with Gasteiger partial charge in [-0.15, -0.1) is 0 Å². The van der Waals surface area contributed by atoms with E-state index in [1.807, 2.05) is 30.3 Å². The van der Waals surface area contributed by atoms with Crippen LogP contribution < -0.4 is 5.32 Å². The van der Waals surface area contributed by atoms with Gasteiger partial charge < -0.3 is 5.32 Å². The van der Waals surface area contributed by atoms with Crippen molar-refractivity contribution in [2.24, 2.45) is 5.92 Å². The summed E-state index contributed by atoms with van der Waals surface area (Å²) in [6, 6.07) is 9.85. The maximum atomic E-state index is 12.7. The molecular formula is C14H21N3O2S. The molecule has 6 heteroatoms. The smallest absolute Gasteiger partial charge is 0.282 e. The Morgan fingerprint density at radius 2 is 2.05 bits per heavy atom. The fourth-order valence-electron chi connectivity index (χ4n) is 3.20. The monoisotopic (exact) mass is 295 g/mol. The Balaban J connectivity index is 1.74. The summed E-state index contributed by atoms with van der Waals surface area (Å²) >= 11 is 0. The molecule has 0 bridgehead atoms. The van der Waals surface area contributed by atoms with Gasteiger partial charge in [0.1, 0.15) is 0 Å². The predicted molar refractivity (Wildman–Crippen MR) is 78.3 cm³/mol. The molecule has 20 heavy (non-hydrogen) atoms. The molecule has 0 aliphatic carbocycles. The van der Waals surface area contributed by atoms with E-state index in [1.165, 1.54) is 4.31 Å². The van der Waals surface area contributed by atoms with Gasteiger partial charge in [-0.1, -0.05) is 30.3 Å². The van der Waals surface area contributed by atoms with Gasteiger partial charge in [0.2, 0.25) is 0 Å². The average molecular weight is 295 g/mol. The van der Waals surface area contributed by atoms with E-state index in [4.69, 9.17) is 0 Å². The summed E-state index contributed by atoms with van der Waals surface area (Å²) in [5.41, 5.74) is 1.01. The molecule has 2 aliphatic heterocycles. The van der Waals surface area contributed by atoms with Gasteiger partial charge in [-0.05, 0) is 24.4 Å². The van der Waals surface area contributed by atoms with Crippen LogP contribution in [0, 0.1) is 5.92 Å². The molecule has 2 aliphatic rings. The third-order valence-corrected chi connectivity index (χ3v) is 6.30. The Hall–Kier alpha value is -0.950. The van der Waals surface area contributed by atoms with Crippen molar-refractivity contribution < 1.29 is 8.42 Å². The lowest BCUT2D eigenvalue weighted by Gasteiger charge is -2.28. The zero-order chi connectivity index (χ0) is 14.2. The molecule has 0 saturated carbocycles. The highest BCUT2D eigenvalue weighted by Crippen LogP contribution is 2.30. The summed E-state index contributed by atoms with van der Waals surface area (Å²) in [6.07, 6.45) is 0.968. The maximum Gasteiger partial charge on any atom is 0.282 e. The molecular weight excluding hydrogens is 274 g/mol. The lowest BCUT2D eigenvalue weighted by atomic mass is 10.1. The van der Waals surface area contributed by atoms with E-state index in [-0.39, 0.29) is 6.04 Å². The van der Waals surface area contributed by atoms with Crippen LogP contribution in [0.3, 0.4) is 0 Å². The Kier molecular flexibility index (Phi) is 3.81. The summed E-state index contributed by atoms with van der Waals surface area (Å²) in [5.74, 6) is 0.481. The second-order valence-electron chi connectivity index (χ2n) is 5.63. The molecule has 1 aromatic rings. The zero-order valence-corrected chi connectivity index (χ0v) is 12.5. The second kappa shape index (κ2) is 5.44. The molecule has 0 aromatic heterocycles. The normalized spacial score (nSPS) is 27.1. The minimum atomic E-state index is -3.36. The molecule has 2 saturated heterocycles. The van der Waals surface area contributed by atoms with E-state index in [9.17, 15) is 8.42 Å². The predicted octanol–water partition coefficient (Wildman–Crippen LogP) is 0.657. The largest absolute Gasteiger partial charge is 0.315 e. The molecule has 0 amide bonds. The number of nitrogens with zero attached hydrogens (tertiary/aromatic N) is 2. The fraction of sp³-hybridized carbons (Fsp3) is 0.571. The van der Waals surface area contributed by atoms with Crippen molar-refractivity contribution in [3.8, 4) is 0 Å². The van der Waals surface area contributed by atoms with Gasteiger partial charge in [0.25, 0.3) is 10.2 Å². The third kappa shape index (κ3) is 2.48. The summed E-state index contributed by atoms with van der Waals surface area (Å²) in [4.78, 5) is 0. The van der Waals surface area contributed by atoms with Crippen molar-refractivity contribution in [2.75, 3.05) is 26.7 Å². The standard InChI is InChI=1S/C14H21N3O2S/c1-16(11-12-5-3-2-4-6-12)20(18,19)17-8-7-13-9-15-10-14(13)17/h2-6,13-15H,7-11H2,1H3/t13-,14+/m0/s1. The third-order valence-electron chi connectivity index (χ3n) is 4.33. The fourth-order valence-corrected chi connectivity index (χ4v) is 4.79. The number of nitrogens with one attached hydrogen (secondary N) is 1. The van der Waals surface area contributed by atoms with Gasteiger partial charge in [0.15, 0.2) is 0 Å². The van der Waals surface area contributed by atoms with Crippen molar-refractivity contribution in [3.05, 3.63) is 35.9 Å². The minimum Gasteiger partial charge on any atom is -0.315 e. The van der Waals surface area contributed by atoms with Gasteiger partial charge in [0.05, 0.1) is 0 Å². The van der Waals surface area contributed by atoms with Crippen LogP contribution >= 0.6 is 0 Å². The topological polar surface area (TPSA) is 52.7 Å². The lowest BCUT2D eigenvalue weighted by molar-refractivity contribution is 0.338. The van der Waals surface area contributed by atoms with Crippen LogP contribution in [-0.4, -0.2) is 49.8 Å². The summed E-state index contributed by atoms with van der Waals surface area (Å²) < 4.78 is 28.6. The van der Waals surface area contributed by atoms with Crippen molar-refractivity contribution in [2.45, 2.75) is 19.0 Å². The highest BCUT2D eigenvalue weighted by molar-refractivity contribution is 7.86. The highest BCUT2D eigenvalue weighted by atomic mass is 32.2. The summed E-state index contributed by atoms with van der Waals surface area (Å²) in [5, 5.41) is 3.29. The molecule has 1 aromatic carbocycles. The first-order valence-electron chi connectivity index (χ1n) is 7.07. The maximum absolute atomic E-state index is 12.7. The molecule has 0 unspecified atom stereocenters. The van der Waals surface area contributed by atoms with Crippen molar-refractivity contribution in [1.82, 2.24) is 13.9 Å². The Morgan fingerprint density at radius 3 is 2.80 bits per heavy atom. The van der Waals surface area contributed by atoms with E-state index in [0.717, 1.165) is 25.1 Å². The molecule has 2 heterocycles. The first kappa shape index (κ1) is 14.0. The molecule has 2 fully saturated rings. The first-order chi connectivity index (χ1) is 9.59. The highest BCUT2D eigenvalue weighted by Gasteiger charge is 2.44. The quantitative estimate of drug-likeness (QED) is 0.888. The van der Waals surface area contributed by atoms with Gasteiger partial charge in [-0.2, -0.15) is 17.0 Å². The summed E-state index contributed by atoms with van der Waals surface area (Å²) in [6.45, 7) is 2.80. The van der Waals surface area contributed by atoms with Crippen LogP contribution in [0.1, 0.15) is 12.0 Å². The van der Waals surface area contributed by atoms with Crippen molar-refractivity contribution in [3.63, 3.8) is 0 Å².